The summed E-state index contributed by atoms with van der Waals surface area (Å²) < 4.78 is 10.6. The summed E-state index contributed by atoms with van der Waals surface area (Å²) in [5.41, 5.74) is 3.64. The summed E-state index contributed by atoms with van der Waals surface area (Å²) in [6.07, 6.45) is 0.486. The maximum absolute atomic E-state index is 13.1. The van der Waals surface area contributed by atoms with Gasteiger partial charge in [0.2, 0.25) is 17.6 Å². The number of rotatable bonds is 11. The van der Waals surface area contributed by atoms with Gasteiger partial charge in [0, 0.05) is 24.8 Å². The Morgan fingerprint density at radius 3 is 2.63 bits per heavy atom. The standard InChI is InChI=1S/C28H27N7O5S/c1-2-16-35(33-25-19-10-6-7-11-20(19)27(37)32-31-25)24(36)15-13-22-29-26(34-40-22)21-12-14-23(41-21)30-28(38)39-17-18-8-4-3-5-9-18/h3-12,14H,2,13,15-17H2,1H3,(H,30,38)(H,31,33)(H,32,37). The molecular weight excluding hydrogens is 546 g/mol. The largest absolute Gasteiger partial charge is 0.444 e. The van der Waals surface area contributed by atoms with Crippen LogP contribution in [-0.4, -0.2) is 43.9 Å². The van der Waals surface area contributed by atoms with Crippen LogP contribution >= 0.6 is 11.3 Å². The fourth-order valence-corrected chi connectivity index (χ4v) is 4.80. The van der Waals surface area contributed by atoms with Gasteiger partial charge in [0.15, 0.2) is 5.82 Å². The van der Waals surface area contributed by atoms with Crippen molar-refractivity contribution in [2.24, 2.45) is 0 Å². The van der Waals surface area contributed by atoms with E-state index in [1.807, 2.05) is 37.3 Å². The SMILES string of the molecule is CCCN(Nc1n[nH]c(=O)c2ccccc12)C(=O)CCc1nc(-c2ccc(NC(=O)OCc3ccccc3)s2)no1. The topological polar surface area (TPSA) is 155 Å². The van der Waals surface area contributed by atoms with Crippen molar-refractivity contribution in [3.63, 3.8) is 0 Å². The molecule has 0 radical (unpaired) electrons. The Labute approximate surface area is 238 Å². The molecule has 0 unspecified atom stereocenters. The first kappa shape index (κ1) is 27.5. The molecule has 0 bridgehead atoms. The monoisotopic (exact) mass is 573 g/mol. The second kappa shape index (κ2) is 12.9. The Bertz CT molecular complexity index is 1700. The number of nitrogens with zero attached hydrogens (tertiary/aromatic N) is 4. The number of aryl methyl sites for hydroxylation is 1. The van der Waals surface area contributed by atoms with Gasteiger partial charge >= 0.3 is 6.09 Å². The molecule has 210 valence electrons. The fraction of sp³-hybridized carbons (Fsp3) is 0.214. The van der Waals surface area contributed by atoms with E-state index in [-0.39, 0.29) is 30.9 Å². The summed E-state index contributed by atoms with van der Waals surface area (Å²) in [5, 5.41) is 16.4. The van der Waals surface area contributed by atoms with Crippen LogP contribution in [0.15, 0.2) is 76.0 Å². The number of carbonyl (C=O) groups excluding carboxylic acids is 2. The Morgan fingerprint density at radius 1 is 1.05 bits per heavy atom. The van der Waals surface area contributed by atoms with E-state index in [2.05, 4.69) is 31.1 Å². The quantitative estimate of drug-likeness (QED) is 0.185. The normalized spacial score (nSPS) is 10.9. The smallest absolute Gasteiger partial charge is 0.412 e. The van der Waals surface area contributed by atoms with Crippen LogP contribution in [0.1, 0.15) is 31.2 Å². The molecule has 5 rings (SSSR count). The first-order valence-electron chi connectivity index (χ1n) is 12.9. The predicted molar refractivity (Wildman–Crippen MR) is 154 cm³/mol. The summed E-state index contributed by atoms with van der Waals surface area (Å²) >= 11 is 1.27. The van der Waals surface area contributed by atoms with Crippen LogP contribution in [0.25, 0.3) is 21.5 Å². The fourth-order valence-electron chi connectivity index (χ4n) is 3.98. The molecule has 3 aromatic heterocycles. The summed E-state index contributed by atoms with van der Waals surface area (Å²) in [6, 6.07) is 19.9. The molecule has 0 fully saturated rings. The maximum atomic E-state index is 13.1. The third-order valence-corrected chi connectivity index (χ3v) is 6.97. The molecular formula is C28H27N7O5S. The first-order chi connectivity index (χ1) is 20.0. The maximum Gasteiger partial charge on any atom is 0.412 e. The van der Waals surface area contributed by atoms with Crippen LogP contribution in [0.2, 0.25) is 0 Å². The van der Waals surface area contributed by atoms with Crippen LogP contribution in [0.4, 0.5) is 15.6 Å². The lowest BCUT2D eigenvalue weighted by atomic mass is 10.2. The van der Waals surface area contributed by atoms with E-state index < -0.39 is 6.09 Å². The molecule has 2 amide bonds. The highest BCUT2D eigenvalue weighted by Gasteiger charge is 2.18. The van der Waals surface area contributed by atoms with Crippen molar-refractivity contribution in [1.82, 2.24) is 25.3 Å². The van der Waals surface area contributed by atoms with Gasteiger partial charge in [-0.25, -0.2) is 9.89 Å². The summed E-state index contributed by atoms with van der Waals surface area (Å²) in [4.78, 5) is 42.4. The predicted octanol–water partition coefficient (Wildman–Crippen LogP) is 4.98. The Hall–Kier alpha value is -5.04. The number of amides is 2. The number of hydrazine groups is 1. The minimum Gasteiger partial charge on any atom is -0.444 e. The Kier molecular flexibility index (Phi) is 8.64. The van der Waals surface area contributed by atoms with Crippen molar-refractivity contribution >= 4 is 44.9 Å². The lowest BCUT2D eigenvalue weighted by molar-refractivity contribution is -0.130. The molecule has 5 aromatic rings. The summed E-state index contributed by atoms with van der Waals surface area (Å²) in [5.74, 6) is 0.853. The molecule has 41 heavy (non-hydrogen) atoms. The second-order valence-corrected chi connectivity index (χ2v) is 10.1. The Balaban J connectivity index is 1.16. The van der Waals surface area contributed by atoms with Crippen molar-refractivity contribution in [2.75, 3.05) is 17.3 Å². The highest BCUT2D eigenvalue weighted by molar-refractivity contribution is 7.19. The number of fused-ring (bicyclic) bond motifs is 1. The van der Waals surface area contributed by atoms with E-state index in [1.54, 1.807) is 36.4 Å². The number of thiophene rings is 1. The van der Waals surface area contributed by atoms with Crippen molar-refractivity contribution < 1.29 is 18.8 Å². The number of anilines is 2. The molecule has 0 spiro atoms. The van der Waals surface area contributed by atoms with Gasteiger partial charge in [-0.1, -0.05) is 60.6 Å². The number of benzene rings is 2. The molecule has 0 atom stereocenters. The van der Waals surface area contributed by atoms with Gasteiger partial charge in [-0.2, -0.15) is 10.1 Å². The molecule has 12 nitrogen and oxygen atoms in total. The Morgan fingerprint density at radius 2 is 1.83 bits per heavy atom. The lowest BCUT2D eigenvalue weighted by Crippen LogP contribution is -2.37. The minimum atomic E-state index is -0.565. The number of aromatic nitrogens is 4. The van der Waals surface area contributed by atoms with Gasteiger partial charge in [-0.05, 0) is 30.2 Å². The van der Waals surface area contributed by atoms with Gasteiger partial charge in [0.05, 0.1) is 15.3 Å². The van der Waals surface area contributed by atoms with Crippen LogP contribution in [0, 0.1) is 0 Å². The van der Waals surface area contributed by atoms with Crippen molar-refractivity contribution in [1.29, 1.82) is 0 Å². The number of carbonyl (C=O) groups is 2. The van der Waals surface area contributed by atoms with Crippen molar-refractivity contribution in [3.05, 3.63) is 88.5 Å². The van der Waals surface area contributed by atoms with E-state index >= 15 is 0 Å². The van der Waals surface area contributed by atoms with Crippen molar-refractivity contribution in [3.8, 4) is 10.7 Å². The lowest BCUT2D eigenvalue weighted by Gasteiger charge is -2.23. The third-order valence-electron chi connectivity index (χ3n) is 5.97. The number of hydrogen-bond acceptors (Lipinski definition) is 10. The van der Waals surface area contributed by atoms with Crippen LogP contribution in [-0.2, 0) is 22.6 Å². The van der Waals surface area contributed by atoms with E-state index in [0.29, 0.717) is 51.1 Å². The number of ether oxygens (including phenoxy) is 1. The van der Waals surface area contributed by atoms with Crippen LogP contribution < -0.4 is 16.3 Å². The van der Waals surface area contributed by atoms with Crippen LogP contribution in [0.5, 0.6) is 0 Å². The van der Waals surface area contributed by atoms with E-state index in [0.717, 1.165) is 5.56 Å². The van der Waals surface area contributed by atoms with Gasteiger partial charge in [-0.15, -0.1) is 11.3 Å². The summed E-state index contributed by atoms with van der Waals surface area (Å²) in [7, 11) is 0. The average Bonchev–Trinajstić information content (AvgIpc) is 3.66. The third kappa shape index (κ3) is 6.94. The zero-order chi connectivity index (χ0) is 28.6. The highest BCUT2D eigenvalue weighted by atomic mass is 32.1. The molecule has 0 aliphatic heterocycles. The van der Waals surface area contributed by atoms with Gasteiger partial charge in [0.1, 0.15) is 6.61 Å². The number of hydrogen-bond donors (Lipinski definition) is 3. The highest BCUT2D eigenvalue weighted by Crippen LogP contribution is 2.30. The van der Waals surface area contributed by atoms with Gasteiger partial charge in [-0.3, -0.25) is 25.3 Å². The number of nitrogens with one attached hydrogen (secondary N) is 3. The molecule has 2 aromatic carbocycles. The van der Waals surface area contributed by atoms with E-state index in [1.165, 1.54) is 16.3 Å². The second-order valence-electron chi connectivity index (χ2n) is 8.97. The van der Waals surface area contributed by atoms with E-state index in [9.17, 15) is 14.4 Å². The minimum absolute atomic E-state index is 0.112. The number of aromatic amines is 1. The molecule has 0 aliphatic rings. The number of H-pyrrole nitrogens is 1. The molecule has 3 N–H and O–H groups in total. The molecule has 0 saturated carbocycles. The molecule has 3 heterocycles. The molecule has 0 aliphatic carbocycles. The van der Waals surface area contributed by atoms with Gasteiger partial charge in [0.25, 0.3) is 5.56 Å². The summed E-state index contributed by atoms with van der Waals surface area (Å²) in [6.45, 7) is 2.56. The van der Waals surface area contributed by atoms with E-state index in [4.69, 9.17) is 9.26 Å². The van der Waals surface area contributed by atoms with Gasteiger partial charge < -0.3 is 9.26 Å². The molecule has 0 saturated heterocycles. The van der Waals surface area contributed by atoms with Crippen LogP contribution in [0.3, 0.4) is 0 Å². The zero-order valence-corrected chi connectivity index (χ0v) is 22.9. The average molecular weight is 574 g/mol. The zero-order valence-electron chi connectivity index (χ0n) is 22.1. The molecule has 13 heteroatoms. The first-order valence-corrected chi connectivity index (χ1v) is 13.8. The van der Waals surface area contributed by atoms with Crippen molar-refractivity contribution in [2.45, 2.75) is 32.8 Å².